The average molecular weight is 639 g/mol. The minimum atomic E-state index is -4.23. The van der Waals surface area contributed by atoms with Gasteiger partial charge in [0.1, 0.15) is 12.6 Å². The van der Waals surface area contributed by atoms with E-state index < -0.39 is 28.5 Å². The van der Waals surface area contributed by atoms with Crippen LogP contribution in [0.1, 0.15) is 44.7 Å². The van der Waals surface area contributed by atoms with Gasteiger partial charge in [-0.3, -0.25) is 13.9 Å². The number of nitrogens with one attached hydrogen (secondary N) is 1. The maximum atomic E-state index is 14.1. The van der Waals surface area contributed by atoms with Crippen molar-refractivity contribution in [2.75, 3.05) is 10.8 Å². The Morgan fingerprint density at radius 1 is 0.878 bits per heavy atom. The summed E-state index contributed by atoms with van der Waals surface area (Å²) in [7, 11) is -4.23. The predicted molar refractivity (Wildman–Crippen MR) is 166 cm³/mol. The van der Waals surface area contributed by atoms with E-state index in [1.54, 1.807) is 43.3 Å². The molecule has 41 heavy (non-hydrogen) atoms. The Hall–Kier alpha value is -2.78. The highest BCUT2D eigenvalue weighted by atomic mass is 35.5. The smallest absolute Gasteiger partial charge is 0.264 e. The molecule has 0 spiro atoms. The van der Waals surface area contributed by atoms with Gasteiger partial charge in [0.05, 0.1) is 20.6 Å². The Kier molecular flexibility index (Phi) is 11.5. The molecule has 0 aliphatic heterocycles. The lowest BCUT2D eigenvalue weighted by Gasteiger charge is -2.34. The molecule has 0 saturated heterocycles. The van der Waals surface area contributed by atoms with Gasteiger partial charge in [0.2, 0.25) is 11.8 Å². The number of amides is 2. The molecule has 0 saturated carbocycles. The predicted octanol–water partition coefficient (Wildman–Crippen LogP) is 6.87. The highest BCUT2D eigenvalue weighted by Gasteiger charge is 2.34. The van der Waals surface area contributed by atoms with Gasteiger partial charge in [-0.2, -0.15) is 0 Å². The van der Waals surface area contributed by atoms with Crippen LogP contribution >= 0.6 is 34.8 Å². The molecule has 3 aromatic rings. The lowest BCUT2D eigenvalue weighted by atomic mass is 10.1. The Morgan fingerprint density at radius 2 is 1.54 bits per heavy atom. The van der Waals surface area contributed by atoms with E-state index in [9.17, 15) is 18.0 Å². The second-order valence-corrected chi connectivity index (χ2v) is 12.9. The lowest BCUT2D eigenvalue weighted by Crippen LogP contribution is -2.53. The van der Waals surface area contributed by atoms with Crippen molar-refractivity contribution in [3.8, 4) is 0 Å². The molecule has 0 aliphatic carbocycles. The van der Waals surface area contributed by atoms with E-state index in [1.165, 1.54) is 35.2 Å². The van der Waals surface area contributed by atoms with E-state index in [1.807, 2.05) is 20.8 Å². The van der Waals surface area contributed by atoms with Crippen molar-refractivity contribution in [3.05, 3.63) is 92.9 Å². The molecule has 0 fully saturated rings. The molecule has 3 aromatic carbocycles. The molecule has 220 valence electrons. The normalized spacial score (nSPS) is 12.9. The van der Waals surface area contributed by atoms with Crippen molar-refractivity contribution >= 4 is 62.3 Å². The third-order valence-corrected chi connectivity index (χ3v) is 9.66. The summed E-state index contributed by atoms with van der Waals surface area (Å²) in [6.07, 6.45) is 1.01. The van der Waals surface area contributed by atoms with Crippen molar-refractivity contribution in [2.45, 2.75) is 64.1 Å². The zero-order valence-corrected chi connectivity index (χ0v) is 26.5. The number of hydrogen-bond donors (Lipinski definition) is 1. The van der Waals surface area contributed by atoms with Gasteiger partial charge in [-0.25, -0.2) is 8.42 Å². The molecule has 2 unspecified atom stereocenters. The summed E-state index contributed by atoms with van der Waals surface area (Å²) < 4.78 is 28.9. The second kappa shape index (κ2) is 14.4. The maximum absolute atomic E-state index is 14.1. The van der Waals surface area contributed by atoms with Crippen LogP contribution in [-0.4, -0.2) is 43.8 Å². The lowest BCUT2D eigenvalue weighted by molar-refractivity contribution is -0.140. The van der Waals surface area contributed by atoms with Gasteiger partial charge in [-0.15, -0.1) is 0 Å². The first-order valence-corrected chi connectivity index (χ1v) is 15.8. The molecule has 2 atom stereocenters. The summed E-state index contributed by atoms with van der Waals surface area (Å²) in [4.78, 5) is 28.9. The fourth-order valence-electron chi connectivity index (χ4n) is 4.18. The Morgan fingerprint density at radius 3 is 2.12 bits per heavy atom. The van der Waals surface area contributed by atoms with Crippen molar-refractivity contribution in [1.29, 1.82) is 0 Å². The van der Waals surface area contributed by atoms with Crippen LogP contribution in [0.5, 0.6) is 0 Å². The number of sulfonamides is 1. The fourth-order valence-corrected chi connectivity index (χ4v) is 6.07. The van der Waals surface area contributed by atoms with Crippen LogP contribution in [-0.2, 0) is 26.2 Å². The largest absolute Gasteiger partial charge is 0.352 e. The third-order valence-electron chi connectivity index (χ3n) is 6.76. The molecule has 0 bridgehead atoms. The van der Waals surface area contributed by atoms with Gasteiger partial charge in [-0.05, 0) is 68.7 Å². The number of anilines is 1. The molecule has 3 rings (SSSR count). The molecule has 0 radical (unpaired) electrons. The highest BCUT2D eigenvalue weighted by Crippen LogP contribution is 2.31. The zero-order valence-electron chi connectivity index (χ0n) is 23.4. The van der Waals surface area contributed by atoms with E-state index in [0.717, 1.165) is 9.87 Å². The average Bonchev–Trinajstić information content (AvgIpc) is 2.94. The van der Waals surface area contributed by atoms with E-state index in [2.05, 4.69) is 5.32 Å². The van der Waals surface area contributed by atoms with E-state index in [0.29, 0.717) is 23.4 Å². The number of rotatable bonds is 12. The van der Waals surface area contributed by atoms with Crippen molar-refractivity contribution in [2.24, 2.45) is 0 Å². The van der Waals surface area contributed by atoms with Crippen LogP contribution < -0.4 is 9.62 Å². The van der Waals surface area contributed by atoms with Crippen molar-refractivity contribution in [1.82, 2.24) is 10.2 Å². The number of carbonyl (C=O) groups excluding carboxylic acids is 2. The van der Waals surface area contributed by atoms with E-state index in [4.69, 9.17) is 34.8 Å². The number of aryl methyl sites for hydroxylation is 1. The number of nitrogens with zero attached hydrogens (tertiary/aromatic N) is 2. The summed E-state index contributed by atoms with van der Waals surface area (Å²) in [5.41, 5.74) is 1.66. The van der Waals surface area contributed by atoms with E-state index >= 15 is 0 Å². The van der Waals surface area contributed by atoms with Gasteiger partial charge in [0, 0.05) is 17.6 Å². The molecule has 0 aliphatic rings. The van der Waals surface area contributed by atoms with Crippen LogP contribution in [0.4, 0.5) is 5.69 Å². The fraction of sp³-hybridized carbons (Fsp3) is 0.333. The first-order valence-electron chi connectivity index (χ1n) is 13.3. The number of hydrogen-bond acceptors (Lipinski definition) is 4. The second-order valence-electron chi connectivity index (χ2n) is 9.78. The zero-order chi connectivity index (χ0) is 30.3. The van der Waals surface area contributed by atoms with Crippen LogP contribution in [0, 0.1) is 6.92 Å². The van der Waals surface area contributed by atoms with Crippen LogP contribution in [0.2, 0.25) is 15.1 Å². The molecule has 0 heterocycles. The Bertz CT molecular complexity index is 1480. The topological polar surface area (TPSA) is 86.8 Å². The minimum absolute atomic E-state index is 0.00109. The minimum Gasteiger partial charge on any atom is -0.352 e. The van der Waals surface area contributed by atoms with Gasteiger partial charge >= 0.3 is 0 Å². The third kappa shape index (κ3) is 8.16. The summed E-state index contributed by atoms with van der Waals surface area (Å²) in [5, 5.41) is 3.74. The highest BCUT2D eigenvalue weighted by molar-refractivity contribution is 7.92. The summed E-state index contributed by atoms with van der Waals surface area (Å²) >= 11 is 18.8. The molecule has 7 nitrogen and oxygen atoms in total. The summed E-state index contributed by atoms with van der Waals surface area (Å²) in [6, 6.07) is 16.7. The maximum Gasteiger partial charge on any atom is 0.264 e. The Balaban J connectivity index is 2.10. The van der Waals surface area contributed by atoms with Gasteiger partial charge in [0.15, 0.2) is 0 Å². The van der Waals surface area contributed by atoms with Crippen molar-refractivity contribution in [3.63, 3.8) is 0 Å². The number of carbonyl (C=O) groups is 2. The molecule has 2 amide bonds. The molecule has 11 heteroatoms. The monoisotopic (exact) mass is 637 g/mol. The first kappa shape index (κ1) is 32.7. The molecular formula is C30H34Cl3N3O4S. The van der Waals surface area contributed by atoms with Gasteiger partial charge in [0.25, 0.3) is 10.0 Å². The van der Waals surface area contributed by atoms with Gasteiger partial charge in [-0.1, -0.05) is 84.5 Å². The van der Waals surface area contributed by atoms with Crippen LogP contribution in [0.25, 0.3) is 0 Å². The van der Waals surface area contributed by atoms with Gasteiger partial charge < -0.3 is 10.2 Å². The Labute approximate surface area is 257 Å². The molecular weight excluding hydrogens is 605 g/mol. The molecule has 1 N–H and O–H groups in total. The summed E-state index contributed by atoms with van der Waals surface area (Å²) in [6.45, 7) is 6.89. The standard InChI is InChI=1S/C30H34Cl3N3O4S/c1-5-21(4)34-30(38)28(6-2)35(18-22-9-7-8-10-25(22)31)29(37)19-36(23-13-16-26(32)27(33)17-23)41(39,40)24-14-11-20(3)12-15-24/h7-17,21,28H,5-6,18-19H2,1-4H3,(H,34,38). The molecule has 0 aromatic heterocycles. The first-order chi connectivity index (χ1) is 19.4. The SMILES string of the molecule is CCC(C)NC(=O)C(CC)N(Cc1ccccc1Cl)C(=O)CN(c1ccc(Cl)c(Cl)c1)S(=O)(=O)c1ccc(C)cc1. The number of benzene rings is 3. The number of halogens is 3. The van der Waals surface area contributed by atoms with E-state index in [-0.39, 0.29) is 39.1 Å². The van der Waals surface area contributed by atoms with Crippen LogP contribution in [0.15, 0.2) is 71.6 Å². The summed E-state index contributed by atoms with van der Waals surface area (Å²) in [5.74, 6) is -0.914. The van der Waals surface area contributed by atoms with Crippen molar-refractivity contribution < 1.29 is 18.0 Å². The van der Waals surface area contributed by atoms with Crippen LogP contribution in [0.3, 0.4) is 0 Å². The quantitative estimate of drug-likeness (QED) is 0.235.